The van der Waals surface area contributed by atoms with Crippen molar-refractivity contribution in [2.75, 3.05) is 0 Å². The van der Waals surface area contributed by atoms with Crippen molar-refractivity contribution in [2.24, 2.45) is 0 Å². The first kappa shape index (κ1) is 18.6. The van der Waals surface area contributed by atoms with Crippen molar-refractivity contribution in [1.82, 2.24) is 20.3 Å². The lowest BCUT2D eigenvalue weighted by molar-refractivity contribution is 0.371. The minimum atomic E-state index is 0.0634. The van der Waals surface area contributed by atoms with Crippen LogP contribution in [0.25, 0.3) is 11.3 Å². The first-order valence-electron chi connectivity index (χ1n) is 8.96. The van der Waals surface area contributed by atoms with Gasteiger partial charge in [-0.3, -0.25) is 0 Å². The van der Waals surface area contributed by atoms with E-state index in [0.29, 0.717) is 13.1 Å². The lowest BCUT2D eigenvalue weighted by Gasteiger charge is -2.24. The molecule has 5 heteroatoms. The van der Waals surface area contributed by atoms with Crippen LogP contribution in [0.1, 0.15) is 38.4 Å². The second-order valence-electron chi connectivity index (χ2n) is 7.11. The number of hydrogen-bond acceptors (Lipinski definition) is 3. The number of hydrogen-bond donors (Lipinski definition) is 1. The van der Waals surface area contributed by atoms with Crippen LogP contribution in [0.2, 0.25) is 5.02 Å². The molecule has 0 amide bonds. The van der Waals surface area contributed by atoms with Crippen molar-refractivity contribution >= 4 is 11.6 Å². The Labute approximate surface area is 160 Å². The predicted molar refractivity (Wildman–Crippen MR) is 107 cm³/mol. The number of rotatable bonds is 7. The summed E-state index contributed by atoms with van der Waals surface area (Å²) in [6, 6.07) is 18.0. The van der Waals surface area contributed by atoms with Gasteiger partial charge in [0.15, 0.2) is 0 Å². The third-order valence-electron chi connectivity index (χ3n) is 4.63. The van der Waals surface area contributed by atoms with Crippen molar-refractivity contribution < 1.29 is 0 Å². The Balaban J connectivity index is 1.88. The zero-order valence-electron chi connectivity index (χ0n) is 15.5. The van der Waals surface area contributed by atoms with E-state index in [-0.39, 0.29) is 5.54 Å². The van der Waals surface area contributed by atoms with Gasteiger partial charge in [0.05, 0.1) is 6.54 Å². The summed E-state index contributed by atoms with van der Waals surface area (Å²) in [6.45, 7) is 7.89. The SMILES string of the molecule is CCC(C)(C)NCc1nn(Cc2ccc(Cl)cc2)nc1-c1ccccc1. The monoisotopic (exact) mass is 368 g/mol. The molecule has 0 saturated carbocycles. The average molecular weight is 369 g/mol. The van der Waals surface area contributed by atoms with Crippen LogP contribution >= 0.6 is 11.6 Å². The van der Waals surface area contributed by atoms with Crippen molar-refractivity contribution in [3.63, 3.8) is 0 Å². The Bertz CT molecular complexity index is 838. The summed E-state index contributed by atoms with van der Waals surface area (Å²) < 4.78 is 0. The van der Waals surface area contributed by atoms with Gasteiger partial charge in [-0.15, -0.1) is 0 Å². The molecule has 0 aliphatic heterocycles. The van der Waals surface area contributed by atoms with E-state index >= 15 is 0 Å². The average Bonchev–Trinajstić information content (AvgIpc) is 3.06. The smallest absolute Gasteiger partial charge is 0.117 e. The Kier molecular flexibility index (Phi) is 5.74. The fourth-order valence-corrected chi connectivity index (χ4v) is 2.72. The quantitative estimate of drug-likeness (QED) is 0.643. The van der Waals surface area contributed by atoms with E-state index in [9.17, 15) is 0 Å². The van der Waals surface area contributed by atoms with Crippen molar-refractivity contribution in [1.29, 1.82) is 0 Å². The molecule has 26 heavy (non-hydrogen) atoms. The molecule has 0 bridgehead atoms. The summed E-state index contributed by atoms with van der Waals surface area (Å²) in [5.74, 6) is 0. The molecule has 0 spiro atoms. The molecule has 1 N–H and O–H groups in total. The van der Waals surface area contributed by atoms with E-state index in [1.54, 1.807) is 4.80 Å². The molecule has 0 unspecified atom stereocenters. The molecule has 0 aliphatic rings. The van der Waals surface area contributed by atoms with E-state index in [2.05, 4.69) is 38.2 Å². The highest BCUT2D eigenvalue weighted by Gasteiger charge is 2.18. The molecule has 4 nitrogen and oxygen atoms in total. The Morgan fingerprint density at radius 2 is 1.69 bits per heavy atom. The molecule has 0 radical (unpaired) electrons. The van der Waals surface area contributed by atoms with Crippen molar-refractivity contribution in [3.05, 3.63) is 70.9 Å². The standard InChI is InChI=1S/C21H25ClN4/c1-4-21(2,3)23-14-19-20(17-8-6-5-7-9-17)25-26(24-19)15-16-10-12-18(22)13-11-16/h5-13,23H,4,14-15H2,1-3H3. The van der Waals surface area contributed by atoms with Crippen LogP contribution < -0.4 is 5.32 Å². The number of nitrogens with one attached hydrogen (secondary N) is 1. The van der Waals surface area contributed by atoms with Crippen LogP contribution in [0.4, 0.5) is 0 Å². The minimum absolute atomic E-state index is 0.0634. The van der Waals surface area contributed by atoms with Crippen LogP contribution in [0.15, 0.2) is 54.6 Å². The predicted octanol–water partition coefficient (Wildman–Crippen LogP) is 4.93. The molecule has 0 atom stereocenters. The number of aromatic nitrogens is 3. The zero-order valence-corrected chi connectivity index (χ0v) is 16.3. The van der Waals surface area contributed by atoms with Crippen LogP contribution in [0.5, 0.6) is 0 Å². The fourth-order valence-electron chi connectivity index (χ4n) is 2.59. The summed E-state index contributed by atoms with van der Waals surface area (Å²) in [4.78, 5) is 1.77. The normalized spacial score (nSPS) is 11.7. The van der Waals surface area contributed by atoms with E-state index in [4.69, 9.17) is 21.8 Å². The molecule has 0 saturated heterocycles. The summed E-state index contributed by atoms with van der Waals surface area (Å²) in [5, 5.41) is 13.8. The Morgan fingerprint density at radius 1 is 1.00 bits per heavy atom. The highest BCUT2D eigenvalue weighted by atomic mass is 35.5. The summed E-state index contributed by atoms with van der Waals surface area (Å²) >= 11 is 5.98. The molecule has 3 aromatic rings. The van der Waals surface area contributed by atoms with Gasteiger partial charge in [-0.2, -0.15) is 15.0 Å². The van der Waals surface area contributed by atoms with Crippen molar-refractivity contribution in [3.8, 4) is 11.3 Å². The Morgan fingerprint density at radius 3 is 2.35 bits per heavy atom. The fraction of sp³-hybridized carbons (Fsp3) is 0.333. The van der Waals surface area contributed by atoms with Crippen LogP contribution in [-0.4, -0.2) is 20.5 Å². The summed E-state index contributed by atoms with van der Waals surface area (Å²) in [7, 11) is 0. The first-order valence-corrected chi connectivity index (χ1v) is 9.33. The molecular formula is C21H25ClN4. The second-order valence-corrected chi connectivity index (χ2v) is 7.55. The second kappa shape index (κ2) is 8.02. The van der Waals surface area contributed by atoms with Crippen molar-refractivity contribution in [2.45, 2.75) is 45.8 Å². The van der Waals surface area contributed by atoms with E-state index in [1.807, 2.05) is 42.5 Å². The molecular weight excluding hydrogens is 344 g/mol. The van der Waals surface area contributed by atoms with Crippen LogP contribution in [-0.2, 0) is 13.1 Å². The summed E-state index contributed by atoms with van der Waals surface area (Å²) in [6.07, 6.45) is 1.05. The molecule has 3 rings (SSSR count). The van der Waals surface area contributed by atoms with E-state index in [0.717, 1.165) is 34.0 Å². The van der Waals surface area contributed by atoms with Gasteiger partial charge in [-0.25, -0.2) is 0 Å². The minimum Gasteiger partial charge on any atom is -0.306 e. The van der Waals surface area contributed by atoms with E-state index in [1.165, 1.54) is 0 Å². The number of benzene rings is 2. The zero-order chi connectivity index (χ0) is 18.6. The third kappa shape index (κ3) is 4.71. The van der Waals surface area contributed by atoms with Crippen LogP contribution in [0.3, 0.4) is 0 Å². The largest absolute Gasteiger partial charge is 0.306 e. The van der Waals surface area contributed by atoms with Gasteiger partial charge in [-0.05, 0) is 38.0 Å². The highest BCUT2D eigenvalue weighted by molar-refractivity contribution is 6.30. The number of nitrogens with zero attached hydrogens (tertiary/aromatic N) is 3. The van der Waals surface area contributed by atoms with Gasteiger partial charge in [0.2, 0.25) is 0 Å². The van der Waals surface area contributed by atoms with Gasteiger partial charge < -0.3 is 5.32 Å². The van der Waals surface area contributed by atoms with Gasteiger partial charge in [0, 0.05) is 22.7 Å². The highest BCUT2D eigenvalue weighted by Crippen LogP contribution is 2.21. The maximum atomic E-state index is 5.98. The number of halogens is 1. The maximum absolute atomic E-state index is 5.98. The molecule has 136 valence electrons. The van der Waals surface area contributed by atoms with Crippen LogP contribution in [0, 0.1) is 0 Å². The van der Waals surface area contributed by atoms with E-state index < -0.39 is 0 Å². The van der Waals surface area contributed by atoms with Gasteiger partial charge >= 0.3 is 0 Å². The molecule has 2 aromatic carbocycles. The third-order valence-corrected chi connectivity index (χ3v) is 4.88. The first-order chi connectivity index (χ1) is 12.5. The summed E-state index contributed by atoms with van der Waals surface area (Å²) in [5.41, 5.74) is 4.16. The lowest BCUT2D eigenvalue weighted by atomic mass is 10.0. The molecule has 1 aromatic heterocycles. The van der Waals surface area contributed by atoms with Gasteiger partial charge in [-0.1, -0.05) is 61.0 Å². The maximum Gasteiger partial charge on any atom is 0.117 e. The van der Waals surface area contributed by atoms with Gasteiger partial charge in [0.1, 0.15) is 11.4 Å². The molecule has 0 aliphatic carbocycles. The topological polar surface area (TPSA) is 42.7 Å². The molecule has 0 fully saturated rings. The van der Waals surface area contributed by atoms with Gasteiger partial charge in [0.25, 0.3) is 0 Å². The lowest BCUT2D eigenvalue weighted by Crippen LogP contribution is -2.38. The molecule has 1 heterocycles. The Hall–Kier alpha value is -2.17.